The van der Waals surface area contributed by atoms with Gasteiger partial charge in [0.1, 0.15) is 0 Å². The lowest BCUT2D eigenvalue weighted by Gasteiger charge is -2.00. The van der Waals surface area contributed by atoms with Crippen molar-refractivity contribution in [3.8, 4) is 11.5 Å². The largest absolute Gasteiger partial charge is 0.461 e. The summed E-state index contributed by atoms with van der Waals surface area (Å²) in [5.41, 5.74) is 8.65. The Balaban J connectivity index is 2.41. The van der Waals surface area contributed by atoms with Crippen molar-refractivity contribution in [2.75, 3.05) is 12.3 Å². The molecule has 0 atom stereocenters. The summed E-state index contributed by atoms with van der Waals surface area (Å²) in [7, 11) is 0. The van der Waals surface area contributed by atoms with Crippen LogP contribution in [-0.4, -0.2) is 17.6 Å². The Labute approximate surface area is 111 Å². The SMILES string of the molecule is CCOC(=O)c1nc(-c2cc(C)cc(C)c2)oc1N. The standard InChI is InChI=1S/C14H16N2O3/c1-4-18-14(17)11-12(15)19-13(16-11)10-6-8(2)5-9(3)7-10/h5-7H,4,15H2,1-3H3. The molecule has 0 aliphatic carbocycles. The number of nitrogen functional groups attached to an aromatic ring is 1. The summed E-state index contributed by atoms with van der Waals surface area (Å²) in [5.74, 6) is -0.265. The molecule has 0 spiro atoms. The molecule has 0 radical (unpaired) electrons. The molecule has 1 aromatic carbocycles. The fraction of sp³-hybridized carbons (Fsp3) is 0.286. The second-order valence-electron chi connectivity index (χ2n) is 4.33. The van der Waals surface area contributed by atoms with Gasteiger partial charge in [-0.05, 0) is 32.9 Å². The van der Waals surface area contributed by atoms with Crippen LogP contribution in [0.1, 0.15) is 28.5 Å². The molecule has 5 nitrogen and oxygen atoms in total. The fourth-order valence-corrected chi connectivity index (χ4v) is 1.90. The average Bonchev–Trinajstić information content (AvgIpc) is 2.70. The predicted octanol–water partition coefficient (Wildman–Crippen LogP) is 2.72. The van der Waals surface area contributed by atoms with Crippen molar-refractivity contribution in [3.63, 3.8) is 0 Å². The number of anilines is 1. The van der Waals surface area contributed by atoms with Gasteiger partial charge in [0.15, 0.2) is 0 Å². The Bertz CT molecular complexity index is 597. The smallest absolute Gasteiger partial charge is 0.362 e. The molecule has 2 rings (SSSR count). The summed E-state index contributed by atoms with van der Waals surface area (Å²) in [5, 5.41) is 0. The first-order valence-corrected chi connectivity index (χ1v) is 6.03. The Morgan fingerprint density at radius 3 is 2.53 bits per heavy atom. The van der Waals surface area contributed by atoms with Crippen molar-refractivity contribution in [2.45, 2.75) is 20.8 Å². The molecule has 0 bridgehead atoms. The molecule has 0 amide bonds. The third kappa shape index (κ3) is 2.76. The number of esters is 1. The van der Waals surface area contributed by atoms with Crippen molar-refractivity contribution in [3.05, 3.63) is 35.0 Å². The molecule has 0 aliphatic heterocycles. The lowest BCUT2D eigenvalue weighted by Crippen LogP contribution is -2.07. The van der Waals surface area contributed by atoms with Crippen LogP contribution < -0.4 is 5.73 Å². The molecule has 1 heterocycles. The molecule has 0 saturated carbocycles. The second-order valence-corrected chi connectivity index (χ2v) is 4.33. The highest BCUT2D eigenvalue weighted by molar-refractivity contribution is 5.92. The molecule has 2 aromatic rings. The molecule has 0 aliphatic rings. The van der Waals surface area contributed by atoms with E-state index in [-0.39, 0.29) is 18.2 Å². The lowest BCUT2D eigenvalue weighted by molar-refractivity contribution is 0.0521. The van der Waals surface area contributed by atoms with Crippen LogP contribution in [0.2, 0.25) is 0 Å². The third-order valence-corrected chi connectivity index (χ3v) is 2.59. The van der Waals surface area contributed by atoms with Gasteiger partial charge in [0.25, 0.3) is 0 Å². The number of carbonyl (C=O) groups is 1. The highest BCUT2D eigenvalue weighted by atomic mass is 16.5. The molecule has 1 aromatic heterocycles. The summed E-state index contributed by atoms with van der Waals surface area (Å²) in [4.78, 5) is 15.7. The summed E-state index contributed by atoms with van der Waals surface area (Å²) >= 11 is 0. The maximum absolute atomic E-state index is 11.6. The van der Waals surface area contributed by atoms with E-state index < -0.39 is 5.97 Å². The number of hydrogen-bond donors (Lipinski definition) is 1. The summed E-state index contributed by atoms with van der Waals surface area (Å²) in [6.45, 7) is 5.95. The number of nitrogens with zero attached hydrogens (tertiary/aromatic N) is 1. The number of carbonyl (C=O) groups excluding carboxylic acids is 1. The van der Waals surface area contributed by atoms with Crippen LogP contribution in [0.4, 0.5) is 5.88 Å². The number of aryl methyl sites for hydroxylation is 2. The normalized spacial score (nSPS) is 10.5. The van der Waals surface area contributed by atoms with Crippen molar-refractivity contribution < 1.29 is 13.9 Å². The highest BCUT2D eigenvalue weighted by Crippen LogP contribution is 2.25. The number of hydrogen-bond acceptors (Lipinski definition) is 5. The van der Waals surface area contributed by atoms with Gasteiger partial charge in [-0.25, -0.2) is 4.79 Å². The number of rotatable bonds is 3. The number of nitrogens with two attached hydrogens (primary N) is 1. The van der Waals surface area contributed by atoms with Crippen LogP contribution in [0.25, 0.3) is 11.5 Å². The van der Waals surface area contributed by atoms with E-state index in [2.05, 4.69) is 4.98 Å². The van der Waals surface area contributed by atoms with Gasteiger partial charge in [-0.1, -0.05) is 17.2 Å². The highest BCUT2D eigenvalue weighted by Gasteiger charge is 2.20. The molecule has 0 fully saturated rings. The molecule has 100 valence electrons. The molecule has 0 unspecified atom stereocenters. The van der Waals surface area contributed by atoms with Gasteiger partial charge in [-0.2, -0.15) is 4.98 Å². The van der Waals surface area contributed by atoms with Crippen LogP contribution in [0, 0.1) is 13.8 Å². The van der Waals surface area contributed by atoms with Gasteiger partial charge in [0.05, 0.1) is 6.61 Å². The number of ether oxygens (including phenoxy) is 1. The van der Waals surface area contributed by atoms with Gasteiger partial charge in [-0.3, -0.25) is 0 Å². The maximum Gasteiger partial charge on any atom is 0.362 e. The van der Waals surface area contributed by atoms with Crippen LogP contribution in [0.15, 0.2) is 22.6 Å². The summed E-state index contributed by atoms with van der Waals surface area (Å²) < 4.78 is 10.2. The van der Waals surface area contributed by atoms with Gasteiger partial charge in [-0.15, -0.1) is 0 Å². The van der Waals surface area contributed by atoms with E-state index in [0.29, 0.717) is 5.89 Å². The monoisotopic (exact) mass is 260 g/mol. The molecular formula is C14H16N2O3. The Hall–Kier alpha value is -2.30. The van der Waals surface area contributed by atoms with Crippen molar-refractivity contribution in [2.24, 2.45) is 0 Å². The second kappa shape index (κ2) is 5.14. The van der Waals surface area contributed by atoms with Crippen molar-refractivity contribution in [1.29, 1.82) is 0 Å². The zero-order valence-electron chi connectivity index (χ0n) is 11.2. The van der Waals surface area contributed by atoms with Gasteiger partial charge in [0, 0.05) is 5.56 Å². The number of oxazole rings is 1. The van der Waals surface area contributed by atoms with E-state index in [1.807, 2.05) is 32.0 Å². The van der Waals surface area contributed by atoms with E-state index in [0.717, 1.165) is 16.7 Å². The number of aromatic nitrogens is 1. The molecule has 19 heavy (non-hydrogen) atoms. The zero-order chi connectivity index (χ0) is 14.0. The topological polar surface area (TPSA) is 78.3 Å². The van der Waals surface area contributed by atoms with E-state index in [9.17, 15) is 4.79 Å². The minimum absolute atomic E-state index is 0.0207. The molecule has 0 saturated heterocycles. The first-order valence-electron chi connectivity index (χ1n) is 6.03. The summed E-state index contributed by atoms with van der Waals surface area (Å²) in [6.07, 6.45) is 0. The van der Waals surface area contributed by atoms with Gasteiger partial charge < -0.3 is 14.9 Å². The molecule has 5 heteroatoms. The fourth-order valence-electron chi connectivity index (χ4n) is 1.90. The van der Waals surface area contributed by atoms with Crippen molar-refractivity contribution >= 4 is 11.9 Å². The third-order valence-electron chi connectivity index (χ3n) is 2.59. The minimum Gasteiger partial charge on any atom is -0.461 e. The number of benzene rings is 1. The van der Waals surface area contributed by atoms with E-state index >= 15 is 0 Å². The van der Waals surface area contributed by atoms with E-state index in [1.165, 1.54) is 0 Å². The van der Waals surface area contributed by atoms with E-state index in [4.69, 9.17) is 14.9 Å². The first-order chi connectivity index (χ1) is 9.01. The summed E-state index contributed by atoms with van der Waals surface area (Å²) in [6, 6.07) is 5.89. The first kappa shape index (κ1) is 13.1. The van der Waals surface area contributed by atoms with E-state index in [1.54, 1.807) is 6.92 Å². The predicted molar refractivity (Wildman–Crippen MR) is 71.8 cm³/mol. The maximum atomic E-state index is 11.6. The van der Waals surface area contributed by atoms with Gasteiger partial charge in [0.2, 0.25) is 17.5 Å². The quantitative estimate of drug-likeness (QED) is 0.858. The van der Waals surface area contributed by atoms with Crippen molar-refractivity contribution in [1.82, 2.24) is 4.98 Å². The van der Waals surface area contributed by atoms with Crippen LogP contribution >= 0.6 is 0 Å². The van der Waals surface area contributed by atoms with Crippen LogP contribution in [-0.2, 0) is 4.74 Å². The molecule has 2 N–H and O–H groups in total. The Kier molecular flexibility index (Phi) is 3.55. The van der Waals surface area contributed by atoms with Crippen LogP contribution in [0.5, 0.6) is 0 Å². The minimum atomic E-state index is -0.570. The Morgan fingerprint density at radius 1 is 1.32 bits per heavy atom. The molecular weight excluding hydrogens is 244 g/mol. The lowest BCUT2D eigenvalue weighted by atomic mass is 10.1. The average molecular weight is 260 g/mol. The Morgan fingerprint density at radius 2 is 1.95 bits per heavy atom. The zero-order valence-corrected chi connectivity index (χ0v) is 11.2. The van der Waals surface area contributed by atoms with Gasteiger partial charge >= 0.3 is 5.97 Å². The van der Waals surface area contributed by atoms with Crippen LogP contribution in [0.3, 0.4) is 0 Å².